The smallest absolute Gasteiger partial charge is 0.237 e. The molecule has 9 nitrogen and oxygen atoms in total. The number of nitrogens with zero attached hydrogens (tertiary/aromatic N) is 2. The summed E-state index contributed by atoms with van der Waals surface area (Å²) < 4.78 is 40.9. The minimum atomic E-state index is -3.61. The van der Waals surface area contributed by atoms with Crippen molar-refractivity contribution in [1.29, 1.82) is 0 Å². The fraction of sp³-hybridized carbons (Fsp3) is 0.375. The van der Waals surface area contributed by atoms with Gasteiger partial charge in [-0.1, -0.05) is 67.6 Å². The summed E-state index contributed by atoms with van der Waals surface area (Å²) in [6.07, 6.45) is 0.724. The molecule has 1 fully saturated rings. The zero-order valence-electron chi connectivity index (χ0n) is 24.5. The van der Waals surface area contributed by atoms with E-state index < -0.39 is 39.9 Å². The first-order valence-electron chi connectivity index (χ1n) is 14.4. The Morgan fingerprint density at radius 2 is 1.49 bits per heavy atom. The molecule has 0 aliphatic carbocycles. The lowest BCUT2D eigenvalue weighted by Crippen LogP contribution is -2.58. The van der Waals surface area contributed by atoms with E-state index >= 15 is 0 Å². The Bertz CT molecular complexity index is 1460. The van der Waals surface area contributed by atoms with Crippen molar-refractivity contribution in [1.82, 2.24) is 14.5 Å². The Hall–Kier alpha value is -3.64. The Morgan fingerprint density at radius 3 is 2.09 bits per heavy atom. The van der Waals surface area contributed by atoms with E-state index in [0.717, 1.165) is 11.1 Å². The summed E-state index contributed by atoms with van der Waals surface area (Å²) >= 11 is 0. The van der Waals surface area contributed by atoms with E-state index in [1.807, 2.05) is 60.7 Å². The number of halogens is 1. The number of sulfonamides is 1. The van der Waals surface area contributed by atoms with Crippen molar-refractivity contribution in [3.05, 3.63) is 102 Å². The molecule has 4 atom stereocenters. The van der Waals surface area contributed by atoms with Gasteiger partial charge in [0, 0.05) is 43.3 Å². The van der Waals surface area contributed by atoms with Gasteiger partial charge in [-0.25, -0.2) is 12.8 Å². The Kier molecular flexibility index (Phi) is 11.0. The Balaban J connectivity index is 1.39. The predicted octanol–water partition coefficient (Wildman–Crippen LogP) is 3.34. The van der Waals surface area contributed by atoms with Gasteiger partial charge in [-0.15, -0.1) is 0 Å². The predicted molar refractivity (Wildman–Crippen MR) is 166 cm³/mol. The summed E-state index contributed by atoms with van der Waals surface area (Å²) in [6, 6.07) is 22.7. The van der Waals surface area contributed by atoms with Crippen LogP contribution in [-0.4, -0.2) is 66.5 Å². The molecule has 0 aromatic heterocycles. The van der Waals surface area contributed by atoms with Gasteiger partial charge in [0.05, 0.1) is 6.04 Å². The number of nitrogens with one attached hydrogen (secondary N) is 2. The van der Waals surface area contributed by atoms with Crippen LogP contribution < -0.4 is 16.4 Å². The van der Waals surface area contributed by atoms with Crippen LogP contribution in [0.15, 0.2) is 84.9 Å². The fourth-order valence-corrected chi connectivity index (χ4v) is 6.77. The molecule has 3 aromatic rings. The molecule has 0 saturated carbocycles. The third-order valence-electron chi connectivity index (χ3n) is 7.82. The van der Waals surface area contributed by atoms with Crippen molar-refractivity contribution in [3.63, 3.8) is 0 Å². The van der Waals surface area contributed by atoms with Crippen LogP contribution >= 0.6 is 0 Å². The van der Waals surface area contributed by atoms with Crippen LogP contribution in [0, 0.1) is 11.7 Å². The van der Waals surface area contributed by atoms with Gasteiger partial charge in [0.1, 0.15) is 11.7 Å². The second-order valence-electron chi connectivity index (χ2n) is 11.2. The number of hydrogen-bond donors (Lipinski definition) is 3. The quantitative estimate of drug-likeness (QED) is 0.289. The van der Waals surface area contributed by atoms with Gasteiger partial charge < -0.3 is 16.4 Å². The Labute approximate surface area is 253 Å². The molecule has 1 aliphatic rings. The molecular weight excluding hydrogens is 569 g/mol. The monoisotopic (exact) mass is 609 g/mol. The molecule has 0 radical (unpaired) electrons. The van der Waals surface area contributed by atoms with Gasteiger partial charge >= 0.3 is 0 Å². The first kappa shape index (κ1) is 32.3. The van der Waals surface area contributed by atoms with E-state index in [1.54, 1.807) is 18.7 Å². The number of rotatable bonds is 12. The van der Waals surface area contributed by atoms with Gasteiger partial charge in [0.15, 0.2) is 0 Å². The summed E-state index contributed by atoms with van der Waals surface area (Å²) in [5.41, 5.74) is 8.97. The molecule has 0 spiro atoms. The van der Waals surface area contributed by atoms with E-state index in [-0.39, 0.29) is 30.7 Å². The number of carbonyl (C=O) groups excluding carboxylic acids is 2. The average molecular weight is 610 g/mol. The molecule has 0 bridgehead atoms. The van der Waals surface area contributed by atoms with Crippen molar-refractivity contribution in [3.8, 4) is 0 Å². The highest BCUT2D eigenvalue weighted by Gasteiger charge is 2.36. The lowest BCUT2D eigenvalue weighted by molar-refractivity contribution is -0.126. The largest absolute Gasteiger partial charge is 0.350 e. The number of carbonyl (C=O) groups is 2. The Morgan fingerprint density at radius 1 is 0.884 bits per heavy atom. The molecule has 3 aromatic carbocycles. The summed E-state index contributed by atoms with van der Waals surface area (Å²) in [5.74, 6) is -1.74. The van der Waals surface area contributed by atoms with E-state index in [2.05, 4.69) is 10.6 Å². The third-order valence-corrected chi connectivity index (χ3v) is 9.57. The summed E-state index contributed by atoms with van der Waals surface area (Å²) in [4.78, 5) is 28.0. The first-order valence-corrected chi connectivity index (χ1v) is 16.0. The molecule has 4 N–H and O–H groups in total. The molecule has 4 rings (SSSR count). The molecular formula is C32H40FN5O4S. The SMILES string of the molecule is C[C@H](C[C@H](N)[C@H](Cc1ccccc1)NC(=O)[C@@H](C)N1CCN(Cc2ccccc2)S(=O)(=O)C1)C(=O)Nc1ccc(F)cc1. The van der Waals surface area contributed by atoms with Crippen molar-refractivity contribution in [2.45, 2.75) is 51.4 Å². The van der Waals surface area contributed by atoms with E-state index in [1.165, 1.54) is 28.6 Å². The molecule has 1 saturated heterocycles. The minimum absolute atomic E-state index is 0.260. The lowest BCUT2D eigenvalue weighted by atomic mass is 9.92. The highest BCUT2D eigenvalue weighted by molar-refractivity contribution is 7.89. The molecule has 1 heterocycles. The maximum Gasteiger partial charge on any atom is 0.237 e. The normalized spacial score (nSPS) is 18.2. The second-order valence-corrected chi connectivity index (χ2v) is 13.1. The van der Waals surface area contributed by atoms with Crippen molar-refractivity contribution < 1.29 is 22.4 Å². The molecule has 1 aliphatic heterocycles. The molecule has 2 amide bonds. The van der Waals surface area contributed by atoms with Gasteiger partial charge in [-0.05, 0) is 55.2 Å². The average Bonchev–Trinajstić information content (AvgIpc) is 2.99. The van der Waals surface area contributed by atoms with Crippen LogP contribution in [0.1, 0.15) is 31.4 Å². The minimum Gasteiger partial charge on any atom is -0.350 e. The maximum absolute atomic E-state index is 13.5. The van der Waals surface area contributed by atoms with Gasteiger partial charge in [-0.2, -0.15) is 4.31 Å². The lowest BCUT2D eigenvalue weighted by Gasteiger charge is -2.37. The van der Waals surface area contributed by atoms with Crippen LogP contribution in [0.4, 0.5) is 10.1 Å². The number of anilines is 1. The van der Waals surface area contributed by atoms with Gasteiger partial charge in [0.2, 0.25) is 21.8 Å². The van der Waals surface area contributed by atoms with Crippen LogP contribution in [0.25, 0.3) is 0 Å². The maximum atomic E-state index is 13.5. The summed E-state index contributed by atoms with van der Waals surface area (Å²) in [7, 11) is -3.61. The van der Waals surface area contributed by atoms with Crippen molar-refractivity contribution >= 4 is 27.5 Å². The topological polar surface area (TPSA) is 125 Å². The second kappa shape index (κ2) is 14.7. The fourth-order valence-electron chi connectivity index (χ4n) is 5.13. The zero-order valence-corrected chi connectivity index (χ0v) is 25.3. The third kappa shape index (κ3) is 9.17. The summed E-state index contributed by atoms with van der Waals surface area (Å²) in [5, 5.41) is 5.83. The molecule has 43 heavy (non-hydrogen) atoms. The highest BCUT2D eigenvalue weighted by Crippen LogP contribution is 2.19. The highest BCUT2D eigenvalue weighted by atomic mass is 32.2. The van der Waals surface area contributed by atoms with Crippen LogP contribution in [-0.2, 0) is 32.6 Å². The molecule has 11 heteroatoms. The number of benzene rings is 3. The van der Waals surface area contributed by atoms with Crippen LogP contribution in [0.5, 0.6) is 0 Å². The van der Waals surface area contributed by atoms with E-state index in [4.69, 9.17) is 5.73 Å². The van der Waals surface area contributed by atoms with Gasteiger partial charge in [-0.3, -0.25) is 14.5 Å². The number of amides is 2. The zero-order chi connectivity index (χ0) is 31.0. The molecule has 230 valence electrons. The van der Waals surface area contributed by atoms with Gasteiger partial charge in [0.25, 0.3) is 0 Å². The van der Waals surface area contributed by atoms with E-state index in [0.29, 0.717) is 25.2 Å². The van der Waals surface area contributed by atoms with Crippen molar-refractivity contribution in [2.24, 2.45) is 11.7 Å². The van der Waals surface area contributed by atoms with Crippen LogP contribution in [0.2, 0.25) is 0 Å². The van der Waals surface area contributed by atoms with Crippen molar-refractivity contribution in [2.75, 3.05) is 24.3 Å². The summed E-state index contributed by atoms with van der Waals surface area (Å²) in [6.45, 7) is 4.43. The first-order chi connectivity index (χ1) is 20.5. The van der Waals surface area contributed by atoms with Crippen LogP contribution in [0.3, 0.4) is 0 Å². The molecule has 0 unspecified atom stereocenters. The number of hydrogen-bond acceptors (Lipinski definition) is 6. The number of nitrogens with two attached hydrogens (primary N) is 1. The van der Waals surface area contributed by atoms with E-state index in [9.17, 15) is 22.4 Å². The standard InChI is InChI=1S/C32H40FN5O4S/c1-23(31(39)35-28-15-13-27(33)14-16-28)19-29(34)30(20-25-9-5-3-6-10-25)36-32(40)24(2)37-17-18-38(43(41,42)22-37)21-26-11-7-4-8-12-26/h3-16,23-24,29-30H,17-22,34H2,1-2H3,(H,35,39)(H,36,40)/t23-,24-,29+,30+/m1/s1.